The molecule has 1 aromatic rings. The minimum Gasteiger partial charge on any atom is -0.331 e. The number of carbonyl (C=O) groups excluding carboxylic acids is 1. The van der Waals surface area contributed by atoms with Crippen molar-refractivity contribution in [3.63, 3.8) is 0 Å². The number of piperazine rings is 1. The van der Waals surface area contributed by atoms with Gasteiger partial charge in [0.1, 0.15) is 5.82 Å². The van der Waals surface area contributed by atoms with Gasteiger partial charge in [0.25, 0.3) is 0 Å². The van der Waals surface area contributed by atoms with Gasteiger partial charge in [-0.2, -0.15) is 0 Å². The third-order valence-electron chi connectivity index (χ3n) is 4.23. The molecular weight excluding hydrogens is 317 g/mol. The van der Waals surface area contributed by atoms with Gasteiger partial charge in [0, 0.05) is 46.3 Å². The lowest BCUT2D eigenvalue weighted by atomic mass is 9.99. The van der Waals surface area contributed by atoms with Crippen LogP contribution in [-0.4, -0.2) is 61.0 Å². The number of rotatable bonds is 4. The van der Waals surface area contributed by atoms with Gasteiger partial charge in [-0.1, -0.05) is 25.5 Å². The molecule has 1 aliphatic heterocycles. The fourth-order valence-corrected chi connectivity index (χ4v) is 3.03. The molecule has 6 heteroatoms. The van der Waals surface area contributed by atoms with Gasteiger partial charge in [0.05, 0.1) is 0 Å². The van der Waals surface area contributed by atoms with Crippen LogP contribution >= 0.6 is 12.4 Å². The van der Waals surface area contributed by atoms with Gasteiger partial charge in [-0.15, -0.1) is 12.4 Å². The highest BCUT2D eigenvalue weighted by atomic mass is 35.5. The number of halogens is 2. The van der Waals surface area contributed by atoms with E-state index >= 15 is 0 Å². The summed E-state index contributed by atoms with van der Waals surface area (Å²) < 4.78 is 13.1. The molecule has 0 aromatic heterocycles. The van der Waals surface area contributed by atoms with E-state index in [0.29, 0.717) is 6.04 Å². The molecule has 1 saturated heterocycles. The van der Waals surface area contributed by atoms with E-state index in [1.165, 1.54) is 12.1 Å². The summed E-state index contributed by atoms with van der Waals surface area (Å²) >= 11 is 0. The topological polar surface area (TPSA) is 26.8 Å². The first-order valence-corrected chi connectivity index (χ1v) is 7.98. The smallest absolute Gasteiger partial charge is 0.319 e. The van der Waals surface area contributed by atoms with Gasteiger partial charge in [-0.05, 0) is 24.1 Å². The minimum atomic E-state index is -0.194. The SMILES string of the molecule is CCCC(c1ccc(F)cc1)N1CCN(C(=O)N(C)C)CC1.Cl. The van der Waals surface area contributed by atoms with E-state index in [1.54, 1.807) is 19.0 Å². The minimum absolute atomic E-state index is 0. The number of benzene rings is 1. The zero-order valence-corrected chi connectivity index (χ0v) is 15.0. The Labute approximate surface area is 144 Å². The maximum Gasteiger partial charge on any atom is 0.319 e. The van der Waals surface area contributed by atoms with E-state index < -0.39 is 0 Å². The van der Waals surface area contributed by atoms with Gasteiger partial charge in [-0.25, -0.2) is 9.18 Å². The third kappa shape index (κ3) is 5.08. The monoisotopic (exact) mass is 343 g/mol. The van der Waals surface area contributed by atoms with E-state index in [2.05, 4.69) is 11.8 Å². The van der Waals surface area contributed by atoms with Gasteiger partial charge in [0.2, 0.25) is 0 Å². The second-order valence-corrected chi connectivity index (χ2v) is 6.06. The van der Waals surface area contributed by atoms with Crippen molar-refractivity contribution in [1.29, 1.82) is 0 Å². The van der Waals surface area contributed by atoms with Crippen molar-refractivity contribution < 1.29 is 9.18 Å². The summed E-state index contributed by atoms with van der Waals surface area (Å²) in [5.41, 5.74) is 1.16. The molecule has 0 aliphatic carbocycles. The number of carbonyl (C=O) groups is 1. The molecule has 0 bridgehead atoms. The Bertz CT molecular complexity index is 487. The number of amides is 2. The summed E-state index contributed by atoms with van der Waals surface area (Å²) in [6.45, 7) is 5.39. The highest BCUT2D eigenvalue weighted by Gasteiger charge is 2.27. The number of hydrogen-bond acceptors (Lipinski definition) is 2. The summed E-state index contributed by atoms with van der Waals surface area (Å²) in [6.07, 6.45) is 2.13. The van der Waals surface area contributed by atoms with E-state index in [-0.39, 0.29) is 24.3 Å². The van der Waals surface area contributed by atoms with Crippen LogP contribution in [-0.2, 0) is 0 Å². The van der Waals surface area contributed by atoms with Crippen LogP contribution in [0.4, 0.5) is 9.18 Å². The highest BCUT2D eigenvalue weighted by Crippen LogP contribution is 2.27. The molecule has 1 aromatic carbocycles. The lowest BCUT2D eigenvalue weighted by Crippen LogP contribution is -2.52. The van der Waals surface area contributed by atoms with Crippen molar-refractivity contribution in [2.24, 2.45) is 0 Å². The fraction of sp³-hybridized carbons (Fsp3) is 0.588. The first kappa shape index (κ1) is 19.7. The normalized spacial score (nSPS) is 16.6. The largest absolute Gasteiger partial charge is 0.331 e. The molecule has 2 amide bonds. The molecule has 4 nitrogen and oxygen atoms in total. The molecule has 0 spiro atoms. The van der Waals surface area contributed by atoms with Crippen LogP contribution < -0.4 is 0 Å². The van der Waals surface area contributed by atoms with Gasteiger partial charge in [-0.3, -0.25) is 4.90 Å². The fourth-order valence-electron chi connectivity index (χ4n) is 3.03. The average molecular weight is 344 g/mol. The van der Waals surface area contributed by atoms with Crippen LogP contribution in [0.15, 0.2) is 24.3 Å². The summed E-state index contributed by atoms with van der Waals surface area (Å²) in [5, 5.41) is 0. The van der Waals surface area contributed by atoms with E-state index in [4.69, 9.17) is 0 Å². The van der Waals surface area contributed by atoms with Crippen molar-refractivity contribution in [3.05, 3.63) is 35.6 Å². The number of nitrogens with zero attached hydrogens (tertiary/aromatic N) is 3. The predicted molar refractivity (Wildman–Crippen MR) is 93.5 cm³/mol. The van der Waals surface area contributed by atoms with Crippen molar-refractivity contribution in [2.75, 3.05) is 40.3 Å². The molecule has 0 N–H and O–H groups in total. The average Bonchev–Trinajstić information content (AvgIpc) is 2.53. The molecule has 0 radical (unpaired) electrons. The predicted octanol–water partition coefficient (Wildman–Crippen LogP) is 3.39. The van der Waals surface area contributed by atoms with Gasteiger partial charge in [0.15, 0.2) is 0 Å². The van der Waals surface area contributed by atoms with Crippen LogP contribution in [0.5, 0.6) is 0 Å². The Balaban J connectivity index is 0.00000264. The van der Waals surface area contributed by atoms with Crippen LogP contribution in [0.3, 0.4) is 0 Å². The summed E-state index contributed by atoms with van der Waals surface area (Å²) in [5.74, 6) is -0.194. The summed E-state index contributed by atoms with van der Waals surface area (Å²) in [6, 6.07) is 7.21. The molecule has 130 valence electrons. The molecule has 1 atom stereocenters. The first-order valence-electron chi connectivity index (χ1n) is 7.98. The molecule has 0 saturated carbocycles. The van der Waals surface area contributed by atoms with E-state index in [1.807, 2.05) is 17.0 Å². The highest BCUT2D eigenvalue weighted by molar-refractivity contribution is 5.85. The van der Waals surface area contributed by atoms with Crippen molar-refractivity contribution in [1.82, 2.24) is 14.7 Å². The first-order chi connectivity index (χ1) is 10.5. The standard InChI is InChI=1S/C17H26FN3O.ClH/c1-4-5-16(14-6-8-15(18)9-7-14)20-10-12-21(13-11-20)17(22)19(2)3;/h6-9,16H,4-5,10-13H2,1-3H3;1H. The van der Waals surface area contributed by atoms with Crippen LogP contribution in [0.2, 0.25) is 0 Å². The van der Waals surface area contributed by atoms with Crippen molar-refractivity contribution in [2.45, 2.75) is 25.8 Å². The molecule has 1 heterocycles. The molecular formula is C17H27ClFN3O. The zero-order valence-electron chi connectivity index (χ0n) is 14.2. The zero-order chi connectivity index (χ0) is 16.1. The second-order valence-electron chi connectivity index (χ2n) is 6.06. The van der Waals surface area contributed by atoms with Crippen LogP contribution in [0.25, 0.3) is 0 Å². The Morgan fingerprint density at radius 3 is 2.22 bits per heavy atom. The second kappa shape index (κ2) is 9.08. The van der Waals surface area contributed by atoms with Crippen LogP contribution in [0.1, 0.15) is 31.4 Å². The summed E-state index contributed by atoms with van der Waals surface area (Å²) in [7, 11) is 3.57. The molecule has 1 unspecified atom stereocenters. The Morgan fingerprint density at radius 1 is 1.17 bits per heavy atom. The third-order valence-corrected chi connectivity index (χ3v) is 4.23. The van der Waals surface area contributed by atoms with Crippen LogP contribution in [0, 0.1) is 5.82 Å². The number of hydrogen-bond donors (Lipinski definition) is 0. The number of urea groups is 1. The van der Waals surface area contributed by atoms with Gasteiger partial charge < -0.3 is 9.80 Å². The maximum atomic E-state index is 13.1. The molecule has 2 rings (SSSR count). The molecule has 1 aliphatic rings. The summed E-state index contributed by atoms with van der Waals surface area (Å²) in [4.78, 5) is 17.9. The van der Waals surface area contributed by atoms with Crippen molar-refractivity contribution >= 4 is 18.4 Å². The lowest BCUT2D eigenvalue weighted by molar-refractivity contribution is 0.0937. The maximum absolute atomic E-state index is 13.1. The quantitative estimate of drug-likeness (QED) is 0.837. The van der Waals surface area contributed by atoms with Crippen molar-refractivity contribution in [3.8, 4) is 0 Å². The Kier molecular flexibility index (Phi) is 7.79. The van der Waals surface area contributed by atoms with E-state index in [0.717, 1.165) is 44.6 Å². The lowest BCUT2D eigenvalue weighted by Gasteiger charge is -2.40. The molecule has 23 heavy (non-hydrogen) atoms. The Hall–Kier alpha value is -1.33. The van der Waals surface area contributed by atoms with Gasteiger partial charge >= 0.3 is 6.03 Å². The Morgan fingerprint density at radius 2 is 1.74 bits per heavy atom. The van der Waals surface area contributed by atoms with E-state index in [9.17, 15) is 9.18 Å². The molecule has 1 fully saturated rings.